The van der Waals surface area contributed by atoms with Gasteiger partial charge in [0.05, 0.1) is 11.3 Å². The highest BCUT2D eigenvalue weighted by Gasteiger charge is 2.23. The van der Waals surface area contributed by atoms with Gasteiger partial charge in [0.2, 0.25) is 0 Å². The normalized spacial score (nSPS) is 12.6. The first-order valence-corrected chi connectivity index (χ1v) is 6.15. The molecule has 2 rings (SSSR count). The number of fused-ring (bicyclic) bond motifs is 1. The fraction of sp³-hybridized carbons (Fsp3) is 0.467. The number of aromatic nitrogens is 1. The van der Waals surface area contributed by atoms with E-state index in [9.17, 15) is 5.11 Å². The van der Waals surface area contributed by atoms with E-state index in [2.05, 4.69) is 49.6 Å². The molecule has 2 aromatic rings. The van der Waals surface area contributed by atoms with Crippen LogP contribution in [0.1, 0.15) is 45.0 Å². The Kier molecular flexibility index (Phi) is 2.78. The Morgan fingerprint density at radius 2 is 1.82 bits per heavy atom. The van der Waals surface area contributed by atoms with Gasteiger partial charge in [-0.2, -0.15) is 0 Å². The van der Waals surface area contributed by atoms with Crippen LogP contribution in [0.25, 0.3) is 10.9 Å². The minimum absolute atomic E-state index is 0.344. The molecule has 0 fully saturated rings. The summed E-state index contributed by atoms with van der Waals surface area (Å²) in [6.07, 6.45) is 0. The second kappa shape index (κ2) is 3.88. The zero-order valence-electron chi connectivity index (χ0n) is 11.3. The van der Waals surface area contributed by atoms with Crippen molar-refractivity contribution in [3.05, 3.63) is 35.5 Å². The first-order chi connectivity index (χ1) is 7.80. The summed E-state index contributed by atoms with van der Waals surface area (Å²) in [5, 5.41) is 11.5. The van der Waals surface area contributed by atoms with Crippen molar-refractivity contribution in [2.24, 2.45) is 0 Å². The smallest absolute Gasteiger partial charge is 0.0989 e. The van der Waals surface area contributed by atoms with Gasteiger partial charge in [-0.15, -0.1) is 0 Å². The lowest BCUT2D eigenvalue weighted by atomic mass is 10.0. The number of aliphatic hydroxyl groups is 1. The SMILES string of the molecule is Cc1ccc2c(c1)cc(C(C)(C)O)n2C(C)C. The standard InChI is InChI=1S/C15H21NO/c1-10(2)16-13-7-6-11(3)8-12(13)9-14(16)15(4,5)17/h6-10,17H,1-5H3. The van der Waals surface area contributed by atoms with E-state index in [1.54, 1.807) is 0 Å². The summed E-state index contributed by atoms with van der Waals surface area (Å²) in [5.74, 6) is 0. The molecule has 1 aromatic heterocycles. The molecule has 0 spiro atoms. The van der Waals surface area contributed by atoms with Gasteiger partial charge in [0.1, 0.15) is 0 Å². The number of aryl methyl sites for hydroxylation is 1. The summed E-state index contributed by atoms with van der Waals surface area (Å²) in [7, 11) is 0. The summed E-state index contributed by atoms with van der Waals surface area (Å²) in [5.41, 5.74) is 2.62. The van der Waals surface area contributed by atoms with Crippen LogP contribution in [0.15, 0.2) is 24.3 Å². The van der Waals surface area contributed by atoms with E-state index in [1.165, 1.54) is 16.5 Å². The van der Waals surface area contributed by atoms with E-state index in [4.69, 9.17) is 0 Å². The number of rotatable bonds is 2. The van der Waals surface area contributed by atoms with E-state index in [-0.39, 0.29) is 0 Å². The van der Waals surface area contributed by atoms with E-state index in [0.29, 0.717) is 6.04 Å². The predicted octanol–water partition coefficient (Wildman–Crippen LogP) is 3.76. The van der Waals surface area contributed by atoms with E-state index in [1.807, 2.05) is 13.8 Å². The molecule has 0 aliphatic rings. The van der Waals surface area contributed by atoms with Gasteiger partial charge in [0.25, 0.3) is 0 Å². The van der Waals surface area contributed by atoms with Crippen LogP contribution in [0.3, 0.4) is 0 Å². The van der Waals surface area contributed by atoms with Gasteiger partial charge in [-0.3, -0.25) is 0 Å². The largest absolute Gasteiger partial charge is 0.384 e. The lowest BCUT2D eigenvalue weighted by molar-refractivity contribution is 0.0691. The Balaban J connectivity index is 2.80. The van der Waals surface area contributed by atoms with E-state index in [0.717, 1.165) is 5.69 Å². The third-order valence-electron chi connectivity index (χ3n) is 3.14. The molecule has 0 atom stereocenters. The van der Waals surface area contributed by atoms with Crippen molar-refractivity contribution >= 4 is 10.9 Å². The van der Waals surface area contributed by atoms with Crippen LogP contribution in [0.2, 0.25) is 0 Å². The van der Waals surface area contributed by atoms with Crippen molar-refractivity contribution in [3.8, 4) is 0 Å². The average molecular weight is 231 g/mol. The highest BCUT2D eigenvalue weighted by molar-refractivity contribution is 5.82. The maximum atomic E-state index is 10.3. The molecule has 1 aromatic carbocycles. The van der Waals surface area contributed by atoms with E-state index < -0.39 is 5.60 Å². The lowest BCUT2D eigenvalue weighted by Gasteiger charge is -2.23. The van der Waals surface area contributed by atoms with Gasteiger partial charge < -0.3 is 9.67 Å². The molecule has 0 saturated heterocycles. The monoisotopic (exact) mass is 231 g/mol. The van der Waals surface area contributed by atoms with Crippen molar-refractivity contribution in [1.29, 1.82) is 0 Å². The Morgan fingerprint density at radius 3 is 2.35 bits per heavy atom. The number of benzene rings is 1. The first-order valence-electron chi connectivity index (χ1n) is 6.15. The second-order valence-electron chi connectivity index (χ2n) is 5.61. The quantitative estimate of drug-likeness (QED) is 0.836. The van der Waals surface area contributed by atoms with Crippen molar-refractivity contribution in [1.82, 2.24) is 4.57 Å². The van der Waals surface area contributed by atoms with Crippen LogP contribution in [0.4, 0.5) is 0 Å². The highest BCUT2D eigenvalue weighted by atomic mass is 16.3. The van der Waals surface area contributed by atoms with Gasteiger partial charge in [0.15, 0.2) is 0 Å². The average Bonchev–Trinajstić information content (AvgIpc) is 2.55. The Hall–Kier alpha value is -1.28. The predicted molar refractivity (Wildman–Crippen MR) is 72.3 cm³/mol. The van der Waals surface area contributed by atoms with Crippen LogP contribution >= 0.6 is 0 Å². The molecular weight excluding hydrogens is 210 g/mol. The van der Waals surface area contributed by atoms with Crippen molar-refractivity contribution in [3.63, 3.8) is 0 Å². The summed E-state index contributed by atoms with van der Waals surface area (Å²) < 4.78 is 2.22. The molecule has 0 aliphatic carbocycles. The topological polar surface area (TPSA) is 25.2 Å². The highest BCUT2D eigenvalue weighted by Crippen LogP contribution is 2.31. The molecule has 0 saturated carbocycles. The maximum absolute atomic E-state index is 10.3. The van der Waals surface area contributed by atoms with Crippen molar-refractivity contribution in [2.75, 3.05) is 0 Å². The Labute approximate surface area is 103 Å². The van der Waals surface area contributed by atoms with Crippen LogP contribution in [0.5, 0.6) is 0 Å². The van der Waals surface area contributed by atoms with Crippen LogP contribution < -0.4 is 0 Å². The molecule has 0 amide bonds. The number of nitrogens with zero attached hydrogens (tertiary/aromatic N) is 1. The molecule has 1 heterocycles. The first kappa shape index (κ1) is 12.2. The molecule has 0 unspecified atom stereocenters. The number of hydrogen-bond donors (Lipinski definition) is 1. The molecule has 2 heteroatoms. The van der Waals surface area contributed by atoms with Gasteiger partial charge in [-0.25, -0.2) is 0 Å². The number of hydrogen-bond acceptors (Lipinski definition) is 1. The molecule has 17 heavy (non-hydrogen) atoms. The van der Waals surface area contributed by atoms with Crippen LogP contribution in [-0.4, -0.2) is 9.67 Å². The minimum Gasteiger partial charge on any atom is -0.384 e. The van der Waals surface area contributed by atoms with Gasteiger partial charge in [0, 0.05) is 16.9 Å². The molecule has 0 radical (unpaired) electrons. The zero-order chi connectivity index (χ0) is 12.8. The third-order valence-corrected chi connectivity index (χ3v) is 3.14. The van der Waals surface area contributed by atoms with Gasteiger partial charge >= 0.3 is 0 Å². The van der Waals surface area contributed by atoms with E-state index >= 15 is 0 Å². The molecule has 0 aliphatic heterocycles. The summed E-state index contributed by atoms with van der Waals surface area (Å²) >= 11 is 0. The Morgan fingerprint density at radius 1 is 1.18 bits per heavy atom. The molecule has 92 valence electrons. The third kappa shape index (κ3) is 2.09. The lowest BCUT2D eigenvalue weighted by Crippen LogP contribution is -2.21. The zero-order valence-corrected chi connectivity index (χ0v) is 11.3. The summed E-state index contributed by atoms with van der Waals surface area (Å²) in [6.45, 7) is 10.1. The van der Waals surface area contributed by atoms with Crippen molar-refractivity contribution < 1.29 is 5.11 Å². The Bertz CT molecular complexity index is 544. The van der Waals surface area contributed by atoms with Crippen molar-refractivity contribution in [2.45, 2.75) is 46.3 Å². The minimum atomic E-state index is -0.808. The summed E-state index contributed by atoms with van der Waals surface area (Å²) in [4.78, 5) is 0. The second-order valence-corrected chi connectivity index (χ2v) is 5.61. The fourth-order valence-electron chi connectivity index (χ4n) is 2.38. The molecule has 1 N–H and O–H groups in total. The maximum Gasteiger partial charge on any atom is 0.0989 e. The molecule has 0 bridgehead atoms. The summed E-state index contributed by atoms with van der Waals surface area (Å²) in [6, 6.07) is 8.87. The molecular formula is C15H21NO. The fourth-order valence-corrected chi connectivity index (χ4v) is 2.38. The molecule has 2 nitrogen and oxygen atoms in total. The van der Waals surface area contributed by atoms with Gasteiger partial charge in [-0.1, -0.05) is 11.6 Å². The van der Waals surface area contributed by atoms with Gasteiger partial charge in [-0.05, 0) is 52.8 Å². The van der Waals surface area contributed by atoms with Crippen LogP contribution in [0, 0.1) is 6.92 Å². The van der Waals surface area contributed by atoms with Crippen LogP contribution in [-0.2, 0) is 5.60 Å².